The predicted octanol–water partition coefficient (Wildman–Crippen LogP) is 2.14. The lowest BCUT2D eigenvalue weighted by atomic mass is 9.88. The summed E-state index contributed by atoms with van der Waals surface area (Å²) in [5, 5.41) is 10.4. The largest absolute Gasteiger partial charge is 0.388 e. The van der Waals surface area contributed by atoms with E-state index in [0.29, 0.717) is 6.54 Å². The molecule has 3 nitrogen and oxygen atoms in total. The quantitative estimate of drug-likeness (QED) is 0.858. The van der Waals surface area contributed by atoms with Gasteiger partial charge in [-0.2, -0.15) is 0 Å². The van der Waals surface area contributed by atoms with E-state index in [-0.39, 0.29) is 11.7 Å². The maximum atomic E-state index is 12.9. The van der Waals surface area contributed by atoms with E-state index in [1.807, 2.05) is 7.05 Å². The molecule has 0 amide bonds. The molecule has 19 heavy (non-hydrogen) atoms. The third-order valence-electron chi connectivity index (χ3n) is 4.36. The number of hydrogen-bond donors (Lipinski definition) is 2. The van der Waals surface area contributed by atoms with Crippen LogP contribution in [0.15, 0.2) is 24.3 Å². The first-order valence-electron chi connectivity index (χ1n) is 6.94. The Morgan fingerprint density at radius 3 is 2.74 bits per heavy atom. The Bertz CT molecular complexity index is 409. The van der Waals surface area contributed by atoms with Gasteiger partial charge in [0.2, 0.25) is 0 Å². The van der Waals surface area contributed by atoms with Crippen molar-refractivity contribution in [1.29, 1.82) is 0 Å². The number of aliphatic hydroxyl groups is 1. The first kappa shape index (κ1) is 14.3. The zero-order chi connectivity index (χ0) is 13.9. The van der Waals surface area contributed by atoms with Gasteiger partial charge in [0, 0.05) is 25.8 Å². The van der Waals surface area contributed by atoms with Gasteiger partial charge in [0.15, 0.2) is 0 Å². The summed E-state index contributed by atoms with van der Waals surface area (Å²) in [6, 6.07) is 6.49. The molecule has 0 spiro atoms. The molecular weight excluding hydrogens is 243 g/mol. The summed E-state index contributed by atoms with van der Waals surface area (Å²) in [5.74, 6) is 0.0610. The second kappa shape index (κ2) is 5.88. The number of rotatable bonds is 5. The number of anilines is 1. The fraction of sp³-hybridized carbons (Fsp3) is 0.600. The first-order valence-corrected chi connectivity index (χ1v) is 6.94. The second-order valence-electron chi connectivity index (χ2n) is 5.58. The molecule has 0 radical (unpaired) electrons. The van der Waals surface area contributed by atoms with Gasteiger partial charge in [-0.1, -0.05) is 6.42 Å². The molecule has 1 aromatic carbocycles. The topological polar surface area (TPSA) is 49.5 Å². The highest BCUT2D eigenvalue weighted by atomic mass is 19.1. The summed E-state index contributed by atoms with van der Waals surface area (Å²) in [7, 11) is 1.99. The van der Waals surface area contributed by atoms with Crippen LogP contribution in [0.5, 0.6) is 0 Å². The molecule has 4 heteroatoms. The molecule has 1 aliphatic carbocycles. The SMILES string of the molecule is CN(CCC1CCCC1(O)CN)c1ccc(F)cc1. The van der Waals surface area contributed by atoms with Crippen molar-refractivity contribution in [3.8, 4) is 0 Å². The molecule has 1 aromatic rings. The summed E-state index contributed by atoms with van der Waals surface area (Å²) < 4.78 is 12.9. The first-order chi connectivity index (χ1) is 9.05. The third-order valence-corrected chi connectivity index (χ3v) is 4.36. The van der Waals surface area contributed by atoms with E-state index in [9.17, 15) is 9.50 Å². The summed E-state index contributed by atoms with van der Waals surface area (Å²) in [6.45, 7) is 1.19. The van der Waals surface area contributed by atoms with Gasteiger partial charge in [0.25, 0.3) is 0 Å². The molecule has 0 aromatic heterocycles. The number of nitrogens with two attached hydrogens (primary N) is 1. The molecular formula is C15H23FN2O. The van der Waals surface area contributed by atoms with Gasteiger partial charge in [-0.25, -0.2) is 4.39 Å². The van der Waals surface area contributed by atoms with Crippen molar-refractivity contribution >= 4 is 5.69 Å². The van der Waals surface area contributed by atoms with E-state index in [4.69, 9.17) is 5.73 Å². The van der Waals surface area contributed by atoms with Crippen molar-refractivity contribution in [2.75, 3.05) is 25.0 Å². The Morgan fingerprint density at radius 1 is 1.42 bits per heavy atom. The van der Waals surface area contributed by atoms with Crippen molar-refractivity contribution < 1.29 is 9.50 Å². The van der Waals surface area contributed by atoms with Gasteiger partial charge >= 0.3 is 0 Å². The van der Waals surface area contributed by atoms with Crippen LogP contribution in [0.25, 0.3) is 0 Å². The maximum absolute atomic E-state index is 12.9. The van der Waals surface area contributed by atoms with Crippen LogP contribution >= 0.6 is 0 Å². The molecule has 0 aliphatic heterocycles. The molecule has 3 N–H and O–H groups in total. The lowest BCUT2D eigenvalue weighted by Gasteiger charge is -2.30. The smallest absolute Gasteiger partial charge is 0.123 e. The van der Waals surface area contributed by atoms with Crippen molar-refractivity contribution in [1.82, 2.24) is 0 Å². The van der Waals surface area contributed by atoms with Crippen LogP contribution in [-0.4, -0.2) is 30.8 Å². The molecule has 1 aliphatic rings. The van der Waals surface area contributed by atoms with Crippen LogP contribution < -0.4 is 10.6 Å². The van der Waals surface area contributed by atoms with Gasteiger partial charge in [0.1, 0.15) is 5.82 Å². The number of nitrogens with zero attached hydrogens (tertiary/aromatic N) is 1. The molecule has 1 saturated carbocycles. The van der Waals surface area contributed by atoms with Crippen molar-refractivity contribution in [2.24, 2.45) is 11.7 Å². The molecule has 2 unspecified atom stereocenters. The molecule has 1 fully saturated rings. The Labute approximate surface area is 114 Å². The predicted molar refractivity (Wildman–Crippen MR) is 75.6 cm³/mol. The minimum Gasteiger partial charge on any atom is -0.388 e. The summed E-state index contributed by atoms with van der Waals surface area (Å²) in [4.78, 5) is 2.09. The van der Waals surface area contributed by atoms with Crippen LogP contribution in [0.2, 0.25) is 0 Å². The van der Waals surface area contributed by atoms with Crippen LogP contribution in [0.3, 0.4) is 0 Å². The molecule has 0 bridgehead atoms. The highest BCUT2D eigenvalue weighted by Crippen LogP contribution is 2.37. The van der Waals surface area contributed by atoms with Gasteiger partial charge in [0.05, 0.1) is 5.60 Å². The van der Waals surface area contributed by atoms with E-state index in [2.05, 4.69) is 4.90 Å². The van der Waals surface area contributed by atoms with Gasteiger partial charge in [-0.3, -0.25) is 0 Å². The second-order valence-corrected chi connectivity index (χ2v) is 5.58. The van der Waals surface area contributed by atoms with Crippen LogP contribution in [-0.2, 0) is 0 Å². The minimum atomic E-state index is -0.677. The van der Waals surface area contributed by atoms with Gasteiger partial charge < -0.3 is 15.7 Å². The zero-order valence-corrected chi connectivity index (χ0v) is 11.5. The van der Waals surface area contributed by atoms with E-state index < -0.39 is 5.60 Å². The number of halogens is 1. The van der Waals surface area contributed by atoms with Gasteiger partial charge in [-0.05, 0) is 49.4 Å². The average Bonchev–Trinajstić information content (AvgIpc) is 2.79. The number of hydrogen-bond acceptors (Lipinski definition) is 3. The Morgan fingerprint density at radius 2 is 2.11 bits per heavy atom. The van der Waals surface area contributed by atoms with E-state index in [1.54, 1.807) is 12.1 Å². The van der Waals surface area contributed by atoms with E-state index >= 15 is 0 Å². The van der Waals surface area contributed by atoms with Crippen molar-refractivity contribution in [2.45, 2.75) is 31.3 Å². The van der Waals surface area contributed by atoms with Crippen LogP contribution in [0.4, 0.5) is 10.1 Å². The highest BCUT2D eigenvalue weighted by molar-refractivity contribution is 5.45. The van der Waals surface area contributed by atoms with E-state index in [0.717, 1.165) is 37.9 Å². The summed E-state index contributed by atoms with van der Waals surface area (Å²) in [6.07, 6.45) is 3.83. The normalized spacial score (nSPS) is 26.6. The van der Waals surface area contributed by atoms with Crippen LogP contribution in [0, 0.1) is 11.7 Å². The highest BCUT2D eigenvalue weighted by Gasteiger charge is 2.39. The lowest BCUT2D eigenvalue weighted by molar-refractivity contribution is 0.00896. The standard InChI is InChI=1S/C15H23FN2O/c1-18(14-6-4-13(16)5-7-14)10-8-12-3-2-9-15(12,19)11-17/h4-7,12,19H,2-3,8-11,17H2,1H3. The zero-order valence-electron chi connectivity index (χ0n) is 11.5. The monoisotopic (exact) mass is 266 g/mol. The van der Waals surface area contributed by atoms with Gasteiger partial charge in [-0.15, -0.1) is 0 Å². The van der Waals surface area contributed by atoms with E-state index in [1.165, 1.54) is 12.1 Å². The Balaban J connectivity index is 1.90. The van der Waals surface area contributed by atoms with Crippen molar-refractivity contribution in [3.63, 3.8) is 0 Å². The van der Waals surface area contributed by atoms with Crippen LogP contribution in [0.1, 0.15) is 25.7 Å². The molecule has 0 saturated heterocycles. The van der Waals surface area contributed by atoms with Crippen molar-refractivity contribution in [3.05, 3.63) is 30.1 Å². The lowest BCUT2D eigenvalue weighted by Crippen LogP contribution is -2.42. The molecule has 2 rings (SSSR count). The average molecular weight is 266 g/mol. The molecule has 106 valence electrons. The molecule has 2 atom stereocenters. The minimum absolute atomic E-state index is 0.217. The molecule has 0 heterocycles. The summed E-state index contributed by atoms with van der Waals surface area (Å²) in [5.41, 5.74) is 6.01. The number of benzene rings is 1. The maximum Gasteiger partial charge on any atom is 0.123 e. The third kappa shape index (κ3) is 3.25. The fourth-order valence-electron chi connectivity index (χ4n) is 2.98. The Hall–Kier alpha value is -1.13. The Kier molecular flexibility index (Phi) is 4.42. The fourth-order valence-corrected chi connectivity index (χ4v) is 2.98. The summed E-state index contributed by atoms with van der Waals surface area (Å²) >= 11 is 0.